The lowest BCUT2D eigenvalue weighted by Crippen LogP contribution is -2.31. The molecule has 1 aromatic heterocycles. The van der Waals surface area contributed by atoms with Crippen LogP contribution in [0, 0.1) is 5.92 Å². The fourth-order valence-electron chi connectivity index (χ4n) is 4.81. The molecule has 0 atom stereocenters. The maximum atomic E-state index is 13.2. The van der Waals surface area contributed by atoms with Crippen LogP contribution in [0.15, 0.2) is 30.5 Å². The number of anilines is 2. The van der Waals surface area contributed by atoms with Crippen molar-refractivity contribution in [1.82, 2.24) is 4.98 Å². The van der Waals surface area contributed by atoms with Crippen molar-refractivity contribution in [2.75, 3.05) is 23.3 Å². The minimum atomic E-state index is 0.138. The van der Waals surface area contributed by atoms with Gasteiger partial charge in [0.2, 0.25) is 5.91 Å². The van der Waals surface area contributed by atoms with Gasteiger partial charge in [0.25, 0.3) is 0 Å². The van der Waals surface area contributed by atoms with Crippen LogP contribution >= 0.6 is 0 Å². The number of carbonyl (C=O) groups excluding carboxylic acids is 1. The van der Waals surface area contributed by atoms with Crippen LogP contribution in [0.5, 0.6) is 0 Å². The summed E-state index contributed by atoms with van der Waals surface area (Å²) in [6.07, 6.45) is 15.2. The van der Waals surface area contributed by atoms with Crippen LogP contribution in [0.25, 0.3) is 10.9 Å². The van der Waals surface area contributed by atoms with Gasteiger partial charge in [-0.1, -0.05) is 56.7 Å². The molecule has 0 bridgehead atoms. The summed E-state index contributed by atoms with van der Waals surface area (Å²) in [6.45, 7) is 2.11. The van der Waals surface area contributed by atoms with E-state index in [4.69, 9.17) is 0 Å². The number of amides is 1. The molecule has 1 aromatic carbocycles. The molecule has 2 heterocycles. The Labute approximate surface area is 168 Å². The quantitative estimate of drug-likeness (QED) is 0.720. The van der Waals surface area contributed by atoms with Gasteiger partial charge >= 0.3 is 0 Å². The molecule has 2 aliphatic rings. The summed E-state index contributed by atoms with van der Waals surface area (Å²) in [5, 5.41) is 4.44. The zero-order valence-electron chi connectivity index (χ0n) is 17.0. The third-order valence-electron chi connectivity index (χ3n) is 6.40. The van der Waals surface area contributed by atoms with Crippen molar-refractivity contribution in [3.8, 4) is 0 Å². The summed E-state index contributed by atoms with van der Waals surface area (Å²) in [4.78, 5) is 20.3. The molecular weight excluding hydrogens is 346 g/mol. The van der Waals surface area contributed by atoms with Crippen molar-refractivity contribution >= 4 is 28.2 Å². The van der Waals surface area contributed by atoms with Gasteiger partial charge < -0.3 is 10.2 Å². The zero-order valence-corrected chi connectivity index (χ0v) is 17.0. The van der Waals surface area contributed by atoms with Crippen molar-refractivity contribution in [3.63, 3.8) is 0 Å². The van der Waals surface area contributed by atoms with E-state index in [1.807, 2.05) is 12.3 Å². The van der Waals surface area contributed by atoms with Crippen LogP contribution < -0.4 is 10.2 Å². The number of fused-ring (bicyclic) bond motifs is 1. The first kappa shape index (κ1) is 19.2. The van der Waals surface area contributed by atoms with Crippen molar-refractivity contribution in [3.05, 3.63) is 30.5 Å². The van der Waals surface area contributed by atoms with E-state index in [-0.39, 0.29) is 11.8 Å². The van der Waals surface area contributed by atoms with Crippen LogP contribution in [0.3, 0.4) is 0 Å². The van der Waals surface area contributed by atoms with E-state index in [1.54, 1.807) is 0 Å². The SMILES string of the molecule is O=C(Nc1cnc2ccccc2c1N1CCCCC1)C1CCCCCCCC1. The molecule has 1 N–H and O–H groups in total. The fourth-order valence-corrected chi connectivity index (χ4v) is 4.81. The van der Waals surface area contributed by atoms with Gasteiger partial charge in [0.05, 0.1) is 23.1 Å². The van der Waals surface area contributed by atoms with E-state index in [0.29, 0.717) is 0 Å². The highest BCUT2D eigenvalue weighted by Crippen LogP contribution is 2.35. The van der Waals surface area contributed by atoms with Crippen LogP contribution in [0.1, 0.15) is 70.6 Å². The van der Waals surface area contributed by atoms with Gasteiger partial charge in [0, 0.05) is 24.4 Å². The van der Waals surface area contributed by atoms with Crippen LogP contribution in [0.2, 0.25) is 0 Å². The molecule has 4 nitrogen and oxygen atoms in total. The van der Waals surface area contributed by atoms with E-state index in [9.17, 15) is 4.79 Å². The molecule has 0 spiro atoms. The second-order valence-electron chi connectivity index (χ2n) is 8.47. The lowest BCUT2D eigenvalue weighted by atomic mass is 9.96. The largest absolute Gasteiger partial charge is 0.369 e. The normalized spacial score (nSPS) is 19.6. The first-order chi connectivity index (χ1) is 13.8. The summed E-state index contributed by atoms with van der Waals surface area (Å²) in [7, 11) is 0. The van der Waals surface area contributed by atoms with Crippen molar-refractivity contribution in [2.45, 2.75) is 70.6 Å². The van der Waals surface area contributed by atoms with Gasteiger partial charge in [-0.05, 0) is 38.2 Å². The number of hydrogen-bond donors (Lipinski definition) is 1. The summed E-state index contributed by atoms with van der Waals surface area (Å²) in [5.74, 6) is 0.330. The minimum Gasteiger partial charge on any atom is -0.369 e. The number of benzene rings is 1. The Hall–Kier alpha value is -2.10. The second-order valence-corrected chi connectivity index (χ2v) is 8.47. The Bertz CT molecular complexity index is 788. The molecular formula is C24H33N3O. The number of para-hydroxylation sites is 1. The van der Waals surface area contributed by atoms with Gasteiger partial charge in [-0.25, -0.2) is 0 Å². The number of piperidine rings is 1. The predicted octanol–water partition coefficient (Wildman–Crippen LogP) is 5.91. The minimum absolute atomic E-state index is 0.138. The van der Waals surface area contributed by atoms with Crippen LogP contribution in [-0.4, -0.2) is 24.0 Å². The molecule has 1 saturated heterocycles. The average molecular weight is 380 g/mol. The number of nitrogens with zero attached hydrogens (tertiary/aromatic N) is 2. The highest BCUT2D eigenvalue weighted by Gasteiger charge is 2.23. The second kappa shape index (κ2) is 9.40. The Kier molecular flexibility index (Phi) is 6.45. The van der Waals surface area contributed by atoms with Crippen LogP contribution in [0.4, 0.5) is 11.4 Å². The molecule has 2 aromatic rings. The molecule has 2 fully saturated rings. The first-order valence-corrected chi connectivity index (χ1v) is 11.3. The van der Waals surface area contributed by atoms with E-state index in [0.717, 1.165) is 42.5 Å². The number of aromatic nitrogens is 1. The number of carbonyl (C=O) groups is 1. The van der Waals surface area contributed by atoms with Crippen molar-refractivity contribution in [2.24, 2.45) is 5.92 Å². The molecule has 4 heteroatoms. The zero-order chi connectivity index (χ0) is 19.2. The van der Waals surface area contributed by atoms with Crippen molar-refractivity contribution < 1.29 is 4.79 Å². The summed E-state index contributed by atoms with van der Waals surface area (Å²) >= 11 is 0. The van der Waals surface area contributed by atoms with Crippen LogP contribution in [-0.2, 0) is 4.79 Å². The van der Waals surface area contributed by atoms with Gasteiger partial charge in [-0.3, -0.25) is 9.78 Å². The van der Waals surface area contributed by atoms with E-state index in [1.165, 1.54) is 63.5 Å². The maximum absolute atomic E-state index is 13.2. The monoisotopic (exact) mass is 379 g/mol. The standard InChI is InChI=1S/C24H33N3O/c28-24(19-12-6-3-1-2-4-7-13-19)26-22-18-25-21-15-9-8-14-20(21)23(22)27-16-10-5-11-17-27/h8-9,14-15,18-19H,1-7,10-13,16-17H2,(H,26,28). The molecule has 0 radical (unpaired) electrons. The van der Waals surface area contributed by atoms with Crippen molar-refractivity contribution in [1.29, 1.82) is 0 Å². The number of hydrogen-bond acceptors (Lipinski definition) is 3. The predicted molar refractivity (Wildman–Crippen MR) is 117 cm³/mol. The number of nitrogens with one attached hydrogen (secondary N) is 1. The summed E-state index contributed by atoms with van der Waals surface area (Å²) < 4.78 is 0. The summed E-state index contributed by atoms with van der Waals surface area (Å²) in [6, 6.07) is 8.31. The van der Waals surface area contributed by atoms with Gasteiger partial charge in [-0.2, -0.15) is 0 Å². The smallest absolute Gasteiger partial charge is 0.227 e. The molecule has 1 aliphatic carbocycles. The van der Waals surface area contributed by atoms with E-state index < -0.39 is 0 Å². The van der Waals surface area contributed by atoms with E-state index >= 15 is 0 Å². The Balaban J connectivity index is 1.60. The van der Waals surface area contributed by atoms with Gasteiger partial charge in [-0.15, -0.1) is 0 Å². The number of pyridine rings is 1. The summed E-state index contributed by atoms with van der Waals surface area (Å²) in [5.41, 5.74) is 3.07. The lowest BCUT2D eigenvalue weighted by Gasteiger charge is -2.31. The molecule has 1 saturated carbocycles. The lowest BCUT2D eigenvalue weighted by molar-refractivity contribution is -0.120. The molecule has 0 unspecified atom stereocenters. The molecule has 28 heavy (non-hydrogen) atoms. The molecule has 150 valence electrons. The Morgan fingerprint density at radius 2 is 1.54 bits per heavy atom. The molecule has 4 rings (SSSR count). The maximum Gasteiger partial charge on any atom is 0.227 e. The highest BCUT2D eigenvalue weighted by atomic mass is 16.1. The average Bonchev–Trinajstić information content (AvgIpc) is 2.88. The van der Waals surface area contributed by atoms with Gasteiger partial charge in [0.15, 0.2) is 0 Å². The van der Waals surface area contributed by atoms with E-state index in [2.05, 4.69) is 33.4 Å². The highest BCUT2D eigenvalue weighted by molar-refractivity contribution is 6.03. The topological polar surface area (TPSA) is 45.2 Å². The number of rotatable bonds is 3. The Morgan fingerprint density at radius 1 is 0.893 bits per heavy atom. The fraction of sp³-hybridized carbons (Fsp3) is 0.583. The van der Waals surface area contributed by atoms with Gasteiger partial charge in [0.1, 0.15) is 0 Å². The third kappa shape index (κ3) is 4.48. The Morgan fingerprint density at radius 3 is 2.29 bits per heavy atom. The first-order valence-electron chi connectivity index (χ1n) is 11.3. The molecule has 1 amide bonds. The third-order valence-corrected chi connectivity index (χ3v) is 6.40. The molecule has 1 aliphatic heterocycles.